The lowest BCUT2D eigenvalue weighted by Crippen LogP contribution is -2.35. The van der Waals surface area contributed by atoms with Gasteiger partial charge in [0.25, 0.3) is 5.91 Å². The molecule has 4 nitrogen and oxygen atoms in total. The van der Waals surface area contributed by atoms with Gasteiger partial charge in [-0.05, 0) is 51.8 Å². The quantitative estimate of drug-likeness (QED) is 0.591. The number of anilines is 1. The average Bonchev–Trinajstić information content (AvgIpc) is 2.67. The van der Waals surface area contributed by atoms with E-state index < -0.39 is 0 Å². The van der Waals surface area contributed by atoms with Gasteiger partial charge in [-0.15, -0.1) is 0 Å². The van der Waals surface area contributed by atoms with Gasteiger partial charge in [-0.1, -0.05) is 36.4 Å². The van der Waals surface area contributed by atoms with E-state index in [2.05, 4.69) is 20.9 Å². The molecule has 0 spiro atoms. The van der Waals surface area contributed by atoms with E-state index in [-0.39, 0.29) is 18.3 Å². The second-order valence-electron chi connectivity index (χ2n) is 5.52. The van der Waals surface area contributed by atoms with Crippen molar-refractivity contribution in [2.45, 2.75) is 6.54 Å². The Morgan fingerprint density at radius 2 is 1.85 bits per heavy atom. The van der Waals surface area contributed by atoms with Crippen LogP contribution in [0.25, 0.3) is 0 Å². The number of benzene rings is 2. The molecule has 0 radical (unpaired) electrons. The van der Waals surface area contributed by atoms with Crippen molar-refractivity contribution in [1.29, 1.82) is 0 Å². The van der Waals surface area contributed by atoms with Gasteiger partial charge < -0.3 is 4.74 Å². The molecule has 3 rings (SSSR count). The van der Waals surface area contributed by atoms with Gasteiger partial charge >= 0.3 is 0 Å². The summed E-state index contributed by atoms with van der Waals surface area (Å²) in [4.78, 5) is 18.6. The molecule has 1 aromatic heterocycles. The summed E-state index contributed by atoms with van der Waals surface area (Å²) in [5, 5.41) is 0. The Balaban J connectivity index is 1.76. The molecule has 132 valence electrons. The molecule has 0 aliphatic heterocycles. The van der Waals surface area contributed by atoms with Crippen molar-refractivity contribution >= 4 is 27.7 Å². The summed E-state index contributed by atoms with van der Waals surface area (Å²) >= 11 is 3.23. The van der Waals surface area contributed by atoms with E-state index in [0.717, 1.165) is 5.56 Å². The molecule has 1 heterocycles. The Hall–Kier alpha value is -2.73. The molecular weight excluding hydrogens is 399 g/mol. The second-order valence-corrected chi connectivity index (χ2v) is 6.37. The van der Waals surface area contributed by atoms with Crippen LogP contribution in [-0.2, 0) is 11.3 Å². The first-order valence-electron chi connectivity index (χ1n) is 7.96. The summed E-state index contributed by atoms with van der Waals surface area (Å²) in [6, 6.07) is 19.1. The zero-order chi connectivity index (χ0) is 18.4. The number of carbonyl (C=O) groups is 1. The number of hydrogen-bond acceptors (Lipinski definition) is 3. The third-order valence-corrected chi connectivity index (χ3v) is 4.28. The zero-order valence-electron chi connectivity index (χ0n) is 13.8. The van der Waals surface area contributed by atoms with Gasteiger partial charge in [0.05, 0.1) is 11.0 Å². The number of rotatable bonds is 6. The number of pyridine rings is 1. The maximum atomic E-state index is 13.2. The average molecular weight is 415 g/mol. The minimum atomic E-state index is -0.380. The number of ether oxygens (including phenoxy) is 1. The summed E-state index contributed by atoms with van der Waals surface area (Å²) in [5.41, 5.74) is 0.981. The molecule has 0 N–H and O–H groups in total. The van der Waals surface area contributed by atoms with Crippen molar-refractivity contribution in [3.63, 3.8) is 0 Å². The molecule has 0 aliphatic rings. The fourth-order valence-corrected chi connectivity index (χ4v) is 2.85. The molecule has 3 aromatic rings. The van der Waals surface area contributed by atoms with Crippen molar-refractivity contribution in [1.82, 2.24) is 4.98 Å². The highest BCUT2D eigenvalue weighted by Crippen LogP contribution is 2.25. The maximum absolute atomic E-state index is 13.2. The normalized spacial score (nSPS) is 10.4. The molecule has 2 aromatic carbocycles. The molecule has 0 saturated heterocycles. The van der Waals surface area contributed by atoms with E-state index in [1.165, 1.54) is 18.2 Å². The molecule has 6 heteroatoms. The van der Waals surface area contributed by atoms with Crippen molar-refractivity contribution in [3.05, 3.63) is 88.8 Å². The van der Waals surface area contributed by atoms with Crippen LogP contribution in [0.3, 0.4) is 0 Å². The van der Waals surface area contributed by atoms with Crippen LogP contribution in [0.4, 0.5) is 10.2 Å². The smallest absolute Gasteiger partial charge is 0.266 e. The van der Waals surface area contributed by atoms with E-state index in [1.54, 1.807) is 23.2 Å². The van der Waals surface area contributed by atoms with Crippen molar-refractivity contribution in [3.8, 4) is 5.75 Å². The lowest BCUT2D eigenvalue weighted by Gasteiger charge is -2.22. The lowest BCUT2D eigenvalue weighted by atomic mass is 10.2. The maximum Gasteiger partial charge on any atom is 0.266 e. The van der Waals surface area contributed by atoms with Gasteiger partial charge in [-0.25, -0.2) is 9.37 Å². The van der Waals surface area contributed by atoms with Gasteiger partial charge in [-0.3, -0.25) is 9.69 Å². The summed E-state index contributed by atoms with van der Waals surface area (Å²) in [7, 11) is 0. The standard InChI is InChI=1S/C20H16BrFN2O2/c21-17-12-16(22)9-10-18(17)26-14-20(25)24(19-8-4-5-11-23-19)13-15-6-2-1-3-7-15/h1-12H,13-14H2. The summed E-state index contributed by atoms with van der Waals surface area (Å²) < 4.78 is 19.2. The van der Waals surface area contributed by atoms with Crippen LogP contribution < -0.4 is 9.64 Å². The van der Waals surface area contributed by atoms with Crippen LogP contribution in [-0.4, -0.2) is 17.5 Å². The Bertz CT molecular complexity index is 875. The summed E-state index contributed by atoms with van der Waals surface area (Å²) in [5.74, 6) is 0.321. The first-order valence-corrected chi connectivity index (χ1v) is 8.76. The molecular formula is C20H16BrFN2O2. The van der Waals surface area contributed by atoms with Crippen LogP contribution in [0, 0.1) is 5.82 Å². The molecule has 0 bridgehead atoms. The predicted octanol–water partition coefficient (Wildman–Crippen LogP) is 4.60. The number of aromatic nitrogens is 1. The fraction of sp³-hybridized carbons (Fsp3) is 0.100. The minimum absolute atomic E-state index is 0.187. The predicted molar refractivity (Wildman–Crippen MR) is 101 cm³/mol. The van der Waals surface area contributed by atoms with E-state index in [4.69, 9.17) is 4.74 Å². The van der Waals surface area contributed by atoms with Crippen LogP contribution in [0.1, 0.15) is 5.56 Å². The number of carbonyl (C=O) groups excluding carboxylic acids is 1. The third kappa shape index (κ3) is 4.67. The van der Waals surface area contributed by atoms with Crippen molar-refractivity contribution < 1.29 is 13.9 Å². The van der Waals surface area contributed by atoms with Gasteiger partial charge in [0.15, 0.2) is 6.61 Å². The zero-order valence-corrected chi connectivity index (χ0v) is 15.4. The summed E-state index contributed by atoms with van der Waals surface area (Å²) in [6.45, 7) is 0.193. The van der Waals surface area contributed by atoms with Crippen LogP contribution in [0.5, 0.6) is 5.75 Å². The Labute approximate surface area is 159 Å². The van der Waals surface area contributed by atoms with Crippen molar-refractivity contribution in [2.24, 2.45) is 0 Å². The first kappa shape index (κ1) is 18.1. The number of hydrogen-bond donors (Lipinski definition) is 0. The minimum Gasteiger partial charge on any atom is -0.483 e. The van der Waals surface area contributed by atoms with E-state index in [0.29, 0.717) is 22.6 Å². The Morgan fingerprint density at radius 3 is 2.54 bits per heavy atom. The second kappa shape index (κ2) is 8.58. The molecule has 0 saturated carbocycles. The highest BCUT2D eigenvalue weighted by Gasteiger charge is 2.18. The molecule has 26 heavy (non-hydrogen) atoms. The van der Waals surface area contributed by atoms with E-state index in [9.17, 15) is 9.18 Å². The molecule has 0 aliphatic carbocycles. The largest absolute Gasteiger partial charge is 0.483 e. The first-order chi connectivity index (χ1) is 12.6. The highest BCUT2D eigenvalue weighted by atomic mass is 79.9. The third-order valence-electron chi connectivity index (χ3n) is 3.66. The van der Waals surface area contributed by atoms with Crippen LogP contribution in [0.2, 0.25) is 0 Å². The fourth-order valence-electron chi connectivity index (χ4n) is 2.39. The van der Waals surface area contributed by atoms with E-state index >= 15 is 0 Å². The molecule has 0 atom stereocenters. The summed E-state index contributed by atoms with van der Waals surface area (Å²) in [6.07, 6.45) is 1.64. The van der Waals surface area contributed by atoms with Gasteiger partial charge in [0, 0.05) is 6.20 Å². The molecule has 0 fully saturated rings. The van der Waals surface area contributed by atoms with Gasteiger partial charge in [0.1, 0.15) is 17.4 Å². The van der Waals surface area contributed by atoms with Crippen molar-refractivity contribution in [2.75, 3.05) is 11.5 Å². The number of nitrogens with zero attached hydrogens (tertiary/aromatic N) is 2. The van der Waals surface area contributed by atoms with Gasteiger partial charge in [0.2, 0.25) is 0 Å². The monoisotopic (exact) mass is 414 g/mol. The van der Waals surface area contributed by atoms with Crippen LogP contribution >= 0.6 is 15.9 Å². The van der Waals surface area contributed by atoms with E-state index in [1.807, 2.05) is 36.4 Å². The highest BCUT2D eigenvalue weighted by molar-refractivity contribution is 9.10. The molecule has 0 unspecified atom stereocenters. The molecule has 1 amide bonds. The van der Waals surface area contributed by atoms with Gasteiger partial charge in [-0.2, -0.15) is 0 Å². The Morgan fingerprint density at radius 1 is 1.08 bits per heavy atom. The topological polar surface area (TPSA) is 42.4 Å². The van der Waals surface area contributed by atoms with Crippen LogP contribution in [0.15, 0.2) is 77.4 Å². The Kier molecular flexibility index (Phi) is 5.96. The number of halogens is 2. The number of amides is 1. The lowest BCUT2D eigenvalue weighted by molar-refractivity contribution is -0.120. The SMILES string of the molecule is O=C(COc1ccc(F)cc1Br)N(Cc1ccccc1)c1ccccn1.